The number of amides is 1. The van der Waals surface area contributed by atoms with Gasteiger partial charge in [0.2, 0.25) is 0 Å². The van der Waals surface area contributed by atoms with Crippen molar-refractivity contribution < 1.29 is 9.21 Å². The standard InChI is InChI=1S/C26H26N4O2/c1-18-27-24-10-7-20(14-25(24)32-18)19-4-2-5-21-8-9-23(17-30(21)26(31)15-19)29-13-12-28-11-3-6-22(28)16-29/h2,4-5,7-10,14-15,17,22H,3,6,11-13,16H2,1H3/b4-2?,19-15?,21-5+/t22-/m0/s1. The predicted molar refractivity (Wildman–Crippen MR) is 124 cm³/mol. The minimum atomic E-state index is -0.0502. The van der Waals surface area contributed by atoms with Gasteiger partial charge in [-0.05, 0) is 60.9 Å². The largest absolute Gasteiger partial charge is 0.441 e. The van der Waals surface area contributed by atoms with Gasteiger partial charge in [0.15, 0.2) is 11.5 Å². The SMILES string of the molecule is Cc1nc2ccc(C3=CC(=O)N4C=C(N5CCN6CCC[C@H]6C5)C=C/C4=C\C=C3)cc2o1. The lowest BCUT2D eigenvalue weighted by atomic mass is 10.0. The van der Waals surface area contributed by atoms with Crippen LogP contribution in [0.1, 0.15) is 24.3 Å². The topological polar surface area (TPSA) is 52.8 Å². The van der Waals surface area contributed by atoms with Crippen LogP contribution in [-0.2, 0) is 4.79 Å². The fourth-order valence-electron chi connectivity index (χ4n) is 5.14. The van der Waals surface area contributed by atoms with Crippen LogP contribution in [0.5, 0.6) is 0 Å². The number of carbonyl (C=O) groups is 1. The summed E-state index contributed by atoms with van der Waals surface area (Å²) >= 11 is 0. The summed E-state index contributed by atoms with van der Waals surface area (Å²) in [6.45, 7) is 6.21. The molecule has 4 aliphatic heterocycles. The van der Waals surface area contributed by atoms with Gasteiger partial charge >= 0.3 is 0 Å². The van der Waals surface area contributed by atoms with Gasteiger partial charge in [0, 0.05) is 50.6 Å². The molecule has 2 aromatic rings. The third-order valence-corrected chi connectivity index (χ3v) is 6.80. The third-order valence-electron chi connectivity index (χ3n) is 6.80. The van der Waals surface area contributed by atoms with Crippen molar-refractivity contribution in [1.82, 2.24) is 19.7 Å². The van der Waals surface area contributed by atoms with Crippen molar-refractivity contribution in [2.45, 2.75) is 25.8 Å². The lowest BCUT2D eigenvalue weighted by Crippen LogP contribution is -2.49. The van der Waals surface area contributed by atoms with E-state index in [2.05, 4.69) is 20.9 Å². The van der Waals surface area contributed by atoms with Crippen molar-refractivity contribution in [2.24, 2.45) is 0 Å². The van der Waals surface area contributed by atoms with E-state index < -0.39 is 0 Å². The van der Waals surface area contributed by atoms with Crippen molar-refractivity contribution in [1.29, 1.82) is 0 Å². The van der Waals surface area contributed by atoms with Gasteiger partial charge in [-0.3, -0.25) is 14.6 Å². The zero-order chi connectivity index (χ0) is 21.7. The molecule has 162 valence electrons. The molecule has 2 fully saturated rings. The molecule has 1 amide bonds. The highest BCUT2D eigenvalue weighted by molar-refractivity contribution is 6.00. The Morgan fingerprint density at radius 2 is 2.00 bits per heavy atom. The minimum absolute atomic E-state index is 0.0502. The normalized spacial score (nSPS) is 25.1. The summed E-state index contributed by atoms with van der Waals surface area (Å²) in [7, 11) is 0. The van der Waals surface area contributed by atoms with Crippen LogP contribution in [0.4, 0.5) is 0 Å². The maximum atomic E-state index is 13.3. The maximum absolute atomic E-state index is 13.3. The molecule has 1 aromatic carbocycles. The van der Waals surface area contributed by atoms with Gasteiger partial charge in [-0.1, -0.05) is 18.2 Å². The van der Waals surface area contributed by atoms with Gasteiger partial charge in [0.05, 0.1) is 5.70 Å². The molecular weight excluding hydrogens is 400 g/mol. The summed E-state index contributed by atoms with van der Waals surface area (Å²) in [5.74, 6) is 0.588. The second-order valence-electron chi connectivity index (χ2n) is 8.84. The summed E-state index contributed by atoms with van der Waals surface area (Å²) in [5.41, 5.74) is 5.33. The molecule has 0 N–H and O–H groups in total. The predicted octanol–water partition coefficient (Wildman–Crippen LogP) is 3.99. The molecule has 2 saturated heterocycles. The number of fused-ring (bicyclic) bond motifs is 3. The van der Waals surface area contributed by atoms with E-state index >= 15 is 0 Å². The molecule has 5 heterocycles. The zero-order valence-electron chi connectivity index (χ0n) is 18.2. The number of hydrogen-bond acceptors (Lipinski definition) is 5. The molecule has 0 spiro atoms. The molecule has 1 aromatic heterocycles. The van der Waals surface area contributed by atoms with Gasteiger partial charge in [-0.2, -0.15) is 0 Å². The van der Waals surface area contributed by atoms with E-state index in [1.807, 2.05) is 55.6 Å². The Morgan fingerprint density at radius 3 is 2.94 bits per heavy atom. The third kappa shape index (κ3) is 3.41. The molecule has 4 aliphatic rings. The minimum Gasteiger partial charge on any atom is -0.441 e. The maximum Gasteiger partial charge on any atom is 0.255 e. The van der Waals surface area contributed by atoms with Crippen LogP contribution in [0.25, 0.3) is 16.7 Å². The Kier molecular flexibility index (Phi) is 4.61. The fourth-order valence-corrected chi connectivity index (χ4v) is 5.14. The van der Waals surface area contributed by atoms with E-state index in [1.54, 1.807) is 11.0 Å². The van der Waals surface area contributed by atoms with E-state index in [-0.39, 0.29) is 5.91 Å². The van der Waals surface area contributed by atoms with Crippen molar-refractivity contribution in [3.8, 4) is 0 Å². The van der Waals surface area contributed by atoms with Crippen LogP contribution in [-0.4, -0.2) is 57.8 Å². The number of aromatic nitrogens is 1. The van der Waals surface area contributed by atoms with Crippen molar-refractivity contribution in [2.75, 3.05) is 26.2 Å². The summed E-state index contributed by atoms with van der Waals surface area (Å²) in [5, 5.41) is 0. The number of hydrogen-bond donors (Lipinski definition) is 0. The molecular formula is C26H26N4O2. The first-order valence-corrected chi connectivity index (χ1v) is 11.3. The first-order valence-electron chi connectivity index (χ1n) is 11.3. The highest BCUT2D eigenvalue weighted by atomic mass is 16.3. The van der Waals surface area contributed by atoms with Gasteiger partial charge in [-0.25, -0.2) is 4.98 Å². The Labute approximate surface area is 187 Å². The summed E-state index contributed by atoms with van der Waals surface area (Å²) < 4.78 is 5.68. The highest BCUT2D eigenvalue weighted by Crippen LogP contribution is 2.29. The fraction of sp³-hybridized carbons (Fsp3) is 0.308. The number of benzene rings is 1. The van der Waals surface area contributed by atoms with E-state index in [1.165, 1.54) is 19.4 Å². The Morgan fingerprint density at radius 1 is 1.09 bits per heavy atom. The van der Waals surface area contributed by atoms with Crippen LogP contribution in [0.15, 0.2) is 76.7 Å². The molecule has 32 heavy (non-hydrogen) atoms. The molecule has 1 atom stereocenters. The Balaban J connectivity index is 1.29. The molecule has 0 bridgehead atoms. The summed E-state index contributed by atoms with van der Waals surface area (Å²) in [6, 6.07) is 6.51. The van der Waals surface area contributed by atoms with Gasteiger partial charge in [0.25, 0.3) is 5.91 Å². The summed E-state index contributed by atoms with van der Waals surface area (Å²) in [6.07, 6.45) is 16.4. The molecule has 0 radical (unpaired) electrons. The number of rotatable bonds is 2. The van der Waals surface area contributed by atoms with Crippen molar-refractivity contribution in [3.63, 3.8) is 0 Å². The van der Waals surface area contributed by atoms with Crippen molar-refractivity contribution >= 4 is 22.6 Å². The van der Waals surface area contributed by atoms with E-state index in [0.29, 0.717) is 11.9 Å². The Bertz CT molecular complexity index is 1250. The van der Waals surface area contributed by atoms with Gasteiger partial charge in [-0.15, -0.1) is 0 Å². The molecule has 6 nitrogen and oxygen atoms in total. The van der Waals surface area contributed by atoms with Gasteiger partial charge in [0.1, 0.15) is 5.52 Å². The lowest BCUT2D eigenvalue weighted by molar-refractivity contribution is -0.122. The highest BCUT2D eigenvalue weighted by Gasteiger charge is 2.32. The number of aryl methyl sites for hydroxylation is 1. The second kappa shape index (κ2) is 7.64. The average molecular weight is 427 g/mol. The summed E-state index contributed by atoms with van der Waals surface area (Å²) in [4.78, 5) is 24.4. The first kappa shape index (κ1) is 19.3. The van der Waals surface area contributed by atoms with E-state index in [9.17, 15) is 4.79 Å². The monoisotopic (exact) mass is 426 g/mol. The average Bonchev–Trinajstić information content (AvgIpc) is 3.41. The van der Waals surface area contributed by atoms with Gasteiger partial charge < -0.3 is 9.32 Å². The van der Waals surface area contributed by atoms with Crippen LogP contribution >= 0.6 is 0 Å². The second-order valence-corrected chi connectivity index (χ2v) is 8.84. The molecule has 0 unspecified atom stereocenters. The number of allylic oxidation sites excluding steroid dienone is 6. The smallest absolute Gasteiger partial charge is 0.255 e. The van der Waals surface area contributed by atoms with E-state index in [0.717, 1.165) is 53.3 Å². The van der Waals surface area contributed by atoms with Crippen LogP contribution in [0.3, 0.4) is 0 Å². The lowest BCUT2D eigenvalue weighted by Gasteiger charge is -2.40. The number of carbonyl (C=O) groups excluding carboxylic acids is 1. The quantitative estimate of drug-likeness (QED) is 0.727. The van der Waals surface area contributed by atoms with Crippen LogP contribution < -0.4 is 0 Å². The first-order chi connectivity index (χ1) is 15.6. The molecule has 0 saturated carbocycles. The molecule has 6 heteroatoms. The van der Waals surface area contributed by atoms with E-state index in [4.69, 9.17) is 4.42 Å². The number of nitrogens with zero attached hydrogens (tertiary/aromatic N) is 4. The number of piperazine rings is 1. The zero-order valence-corrected chi connectivity index (χ0v) is 18.2. The Hall–Kier alpha value is -3.38. The molecule has 0 aliphatic carbocycles. The molecule has 6 rings (SSSR count). The van der Waals surface area contributed by atoms with Crippen LogP contribution in [0.2, 0.25) is 0 Å². The number of oxazole rings is 1. The van der Waals surface area contributed by atoms with Crippen molar-refractivity contribution in [3.05, 3.63) is 83.7 Å². The van der Waals surface area contributed by atoms with Crippen LogP contribution in [0, 0.1) is 6.92 Å².